The molecule has 0 saturated heterocycles. The van der Waals surface area contributed by atoms with Gasteiger partial charge in [-0.25, -0.2) is 4.98 Å². The van der Waals surface area contributed by atoms with Crippen LogP contribution in [0.4, 0.5) is 28.8 Å². The van der Waals surface area contributed by atoms with Gasteiger partial charge in [0.2, 0.25) is 11.9 Å². The lowest BCUT2D eigenvalue weighted by molar-refractivity contribution is -0.117. The summed E-state index contributed by atoms with van der Waals surface area (Å²) in [4.78, 5) is 47.4. The quantitative estimate of drug-likeness (QED) is 0.155. The number of halogens is 1. The van der Waals surface area contributed by atoms with Crippen molar-refractivity contribution in [1.82, 2.24) is 20.2 Å². The summed E-state index contributed by atoms with van der Waals surface area (Å²) >= 11 is 6.33. The van der Waals surface area contributed by atoms with Crippen LogP contribution in [-0.2, 0) is 9.59 Å². The molecule has 0 unspecified atom stereocenters. The molecule has 0 aliphatic rings. The van der Waals surface area contributed by atoms with Crippen molar-refractivity contribution in [3.8, 4) is 5.75 Å². The van der Waals surface area contributed by atoms with Gasteiger partial charge in [-0.05, 0) is 50.5 Å². The van der Waals surface area contributed by atoms with E-state index in [1.807, 2.05) is 19.0 Å². The minimum absolute atomic E-state index is 0.159. The second-order valence-corrected chi connectivity index (χ2v) is 8.59. The van der Waals surface area contributed by atoms with Crippen LogP contribution in [0.1, 0.15) is 10.4 Å². The van der Waals surface area contributed by atoms with Crippen molar-refractivity contribution in [3.05, 3.63) is 71.9 Å². The van der Waals surface area contributed by atoms with Crippen molar-refractivity contribution < 1.29 is 19.1 Å². The number of nitrogens with one attached hydrogen (secondary N) is 4. The first-order valence-corrected chi connectivity index (χ1v) is 11.8. The number of ether oxygens (including phenoxy) is 1. The van der Waals surface area contributed by atoms with Gasteiger partial charge in [-0.15, -0.1) is 0 Å². The van der Waals surface area contributed by atoms with Crippen LogP contribution in [0.5, 0.6) is 5.75 Å². The van der Waals surface area contributed by atoms with Gasteiger partial charge >= 0.3 is 0 Å². The number of hydrogen-bond acceptors (Lipinski definition) is 9. The summed E-state index contributed by atoms with van der Waals surface area (Å²) < 4.78 is 5.39. The molecule has 1 heterocycles. The van der Waals surface area contributed by atoms with E-state index in [2.05, 4.69) is 37.8 Å². The molecule has 0 bridgehead atoms. The number of nitrogens with zero attached hydrogens (tertiary/aromatic N) is 3. The highest BCUT2D eigenvalue weighted by atomic mass is 35.5. The highest BCUT2D eigenvalue weighted by Crippen LogP contribution is 2.31. The number of hydrogen-bond donors (Lipinski definition) is 4. The number of amides is 2. The Morgan fingerprint density at radius 1 is 1.11 bits per heavy atom. The SMILES string of the molecule is C=CC(=O)Nc1ccc(OC)c(Nc2ncc(Cl)c(Nc3ccccc3C(=O)C(=O)NCCN(C)C)n2)c1. The second kappa shape index (κ2) is 13.2. The molecule has 38 heavy (non-hydrogen) atoms. The number of Topliss-reactive ketones (excluding diaryl/α,β-unsaturated/α-hetero) is 1. The number of likely N-dealkylation sites (N-methyl/N-ethyl adjacent to an activating group) is 1. The van der Waals surface area contributed by atoms with Crippen molar-refractivity contribution in [1.29, 1.82) is 0 Å². The minimum Gasteiger partial charge on any atom is -0.495 e. The largest absolute Gasteiger partial charge is 0.495 e. The predicted molar refractivity (Wildman–Crippen MR) is 148 cm³/mol. The van der Waals surface area contributed by atoms with Gasteiger partial charge in [-0.2, -0.15) is 4.98 Å². The molecular weight excluding hydrogens is 510 g/mol. The zero-order valence-electron chi connectivity index (χ0n) is 21.2. The molecule has 0 radical (unpaired) electrons. The van der Waals surface area contributed by atoms with Crippen LogP contribution in [0.2, 0.25) is 5.02 Å². The van der Waals surface area contributed by atoms with Crippen molar-refractivity contribution >= 4 is 58.0 Å². The summed E-state index contributed by atoms with van der Waals surface area (Å²) in [6.45, 7) is 4.37. The minimum atomic E-state index is -0.715. The molecule has 11 nitrogen and oxygen atoms in total. The number of anilines is 5. The molecule has 2 amide bonds. The van der Waals surface area contributed by atoms with Gasteiger partial charge in [0.05, 0.1) is 30.2 Å². The van der Waals surface area contributed by atoms with E-state index >= 15 is 0 Å². The average Bonchev–Trinajstić information content (AvgIpc) is 2.90. The van der Waals surface area contributed by atoms with Crippen LogP contribution < -0.4 is 26.0 Å². The van der Waals surface area contributed by atoms with Gasteiger partial charge in [0.25, 0.3) is 11.7 Å². The predicted octanol–water partition coefficient (Wildman–Crippen LogP) is 3.61. The van der Waals surface area contributed by atoms with E-state index in [0.717, 1.165) is 6.08 Å². The number of carbonyl (C=O) groups excluding carboxylic acids is 3. The molecular formula is C26H28ClN7O4. The van der Waals surface area contributed by atoms with E-state index < -0.39 is 11.7 Å². The monoisotopic (exact) mass is 537 g/mol. The summed E-state index contributed by atoms with van der Waals surface area (Å²) in [5.41, 5.74) is 1.49. The zero-order valence-corrected chi connectivity index (χ0v) is 21.9. The Balaban J connectivity index is 1.83. The van der Waals surface area contributed by atoms with Crippen LogP contribution in [0, 0.1) is 0 Å². The van der Waals surface area contributed by atoms with Crippen LogP contribution in [0.25, 0.3) is 0 Å². The van der Waals surface area contributed by atoms with Gasteiger partial charge in [0, 0.05) is 18.8 Å². The Hall–Kier alpha value is -4.48. The molecule has 2 aromatic carbocycles. The molecule has 0 saturated carbocycles. The zero-order chi connectivity index (χ0) is 27.7. The third-order valence-electron chi connectivity index (χ3n) is 5.12. The maximum Gasteiger partial charge on any atom is 0.292 e. The Labute approximate surface area is 225 Å². The molecule has 1 aromatic heterocycles. The van der Waals surface area contributed by atoms with Crippen molar-refractivity contribution in [3.63, 3.8) is 0 Å². The fraction of sp³-hybridized carbons (Fsp3) is 0.192. The van der Waals surface area contributed by atoms with E-state index in [-0.39, 0.29) is 28.3 Å². The molecule has 0 spiro atoms. The normalized spacial score (nSPS) is 10.4. The first kappa shape index (κ1) is 28.1. The number of benzene rings is 2. The molecule has 0 aliphatic heterocycles. The summed E-state index contributed by atoms with van der Waals surface area (Å²) in [5.74, 6) is -0.938. The smallest absolute Gasteiger partial charge is 0.292 e. The lowest BCUT2D eigenvalue weighted by Crippen LogP contribution is -2.36. The number of para-hydroxylation sites is 1. The molecule has 0 aliphatic carbocycles. The number of rotatable bonds is 12. The van der Waals surface area contributed by atoms with Crippen LogP contribution in [0.15, 0.2) is 61.3 Å². The maximum atomic E-state index is 12.8. The lowest BCUT2D eigenvalue weighted by Gasteiger charge is -2.15. The van der Waals surface area contributed by atoms with E-state index in [1.165, 1.54) is 13.3 Å². The number of carbonyl (C=O) groups is 3. The van der Waals surface area contributed by atoms with E-state index in [4.69, 9.17) is 16.3 Å². The first-order chi connectivity index (χ1) is 18.2. The maximum absolute atomic E-state index is 12.8. The summed E-state index contributed by atoms with van der Waals surface area (Å²) in [6, 6.07) is 11.5. The Morgan fingerprint density at radius 2 is 1.87 bits per heavy atom. The third kappa shape index (κ3) is 7.51. The molecule has 3 aromatic rings. The summed E-state index contributed by atoms with van der Waals surface area (Å²) in [5, 5.41) is 11.5. The molecule has 4 N–H and O–H groups in total. The first-order valence-electron chi connectivity index (χ1n) is 11.5. The number of ketones is 1. The topological polar surface area (TPSA) is 138 Å². The molecule has 0 fully saturated rings. The highest BCUT2D eigenvalue weighted by Gasteiger charge is 2.20. The molecule has 198 valence electrons. The van der Waals surface area contributed by atoms with Gasteiger partial charge in [0.1, 0.15) is 10.8 Å². The summed E-state index contributed by atoms with van der Waals surface area (Å²) in [7, 11) is 5.24. The Kier molecular flexibility index (Phi) is 9.74. The summed E-state index contributed by atoms with van der Waals surface area (Å²) in [6.07, 6.45) is 2.54. The van der Waals surface area contributed by atoms with Gasteiger partial charge in [-0.1, -0.05) is 30.3 Å². The Bertz CT molecular complexity index is 1350. The Morgan fingerprint density at radius 3 is 2.58 bits per heavy atom. The van der Waals surface area contributed by atoms with Crippen molar-refractivity contribution in [2.24, 2.45) is 0 Å². The fourth-order valence-electron chi connectivity index (χ4n) is 3.23. The van der Waals surface area contributed by atoms with Crippen molar-refractivity contribution in [2.45, 2.75) is 0 Å². The van der Waals surface area contributed by atoms with Crippen LogP contribution in [-0.4, -0.2) is 66.8 Å². The highest BCUT2D eigenvalue weighted by molar-refractivity contribution is 6.44. The van der Waals surface area contributed by atoms with E-state index in [1.54, 1.807) is 42.5 Å². The van der Waals surface area contributed by atoms with Crippen LogP contribution >= 0.6 is 11.6 Å². The van der Waals surface area contributed by atoms with Crippen molar-refractivity contribution in [2.75, 3.05) is 50.2 Å². The van der Waals surface area contributed by atoms with Gasteiger partial charge in [0.15, 0.2) is 5.82 Å². The lowest BCUT2D eigenvalue weighted by atomic mass is 10.1. The van der Waals surface area contributed by atoms with E-state index in [9.17, 15) is 14.4 Å². The van der Waals surface area contributed by atoms with Crippen LogP contribution in [0.3, 0.4) is 0 Å². The number of aromatic nitrogens is 2. The second-order valence-electron chi connectivity index (χ2n) is 8.18. The third-order valence-corrected chi connectivity index (χ3v) is 5.40. The van der Waals surface area contributed by atoms with E-state index in [0.29, 0.717) is 35.9 Å². The fourth-order valence-corrected chi connectivity index (χ4v) is 3.36. The molecule has 3 rings (SSSR count). The molecule has 0 atom stereocenters. The number of methoxy groups -OCH3 is 1. The van der Waals surface area contributed by atoms with Gasteiger partial charge in [-0.3, -0.25) is 14.4 Å². The standard InChI is InChI=1S/C26H28ClN7O4/c1-5-22(35)30-16-10-11-21(38-4)20(14-16)32-26-29-15-18(27)24(33-26)31-19-9-7-6-8-17(19)23(36)25(37)28-12-13-34(2)3/h5-11,14-15H,1,12-13H2,2-4H3,(H,28,37)(H,30,35)(H2,29,31,32,33). The molecule has 12 heteroatoms. The van der Waals surface area contributed by atoms with Gasteiger partial charge < -0.3 is 30.9 Å². The average molecular weight is 538 g/mol.